The van der Waals surface area contributed by atoms with Crippen molar-refractivity contribution >= 4 is 18.0 Å². The minimum Gasteiger partial charge on any atom is -0.480 e. The molecule has 1 fully saturated rings. The number of aliphatic hydroxyl groups is 1. The van der Waals surface area contributed by atoms with E-state index in [9.17, 15) is 24.6 Å². The van der Waals surface area contributed by atoms with Crippen LogP contribution in [-0.2, 0) is 14.3 Å². The quantitative estimate of drug-likeness (QED) is 0.578. The van der Waals surface area contributed by atoms with Gasteiger partial charge in [-0.15, -0.1) is 0 Å². The van der Waals surface area contributed by atoms with Gasteiger partial charge in [0.2, 0.25) is 5.91 Å². The highest BCUT2D eigenvalue weighted by molar-refractivity contribution is 5.88. The lowest BCUT2D eigenvalue weighted by atomic mass is 9.85. The number of alkyl carbamates (subject to hydrolysis) is 1. The molecule has 3 atom stereocenters. The minimum absolute atomic E-state index is 0.000669. The Morgan fingerprint density at radius 3 is 2.24 bits per heavy atom. The fourth-order valence-electron chi connectivity index (χ4n) is 4.89. The Balaban J connectivity index is 1.39. The zero-order chi connectivity index (χ0) is 24.5. The summed E-state index contributed by atoms with van der Waals surface area (Å²) < 4.78 is 5.55. The Hall–Kier alpha value is -3.39. The van der Waals surface area contributed by atoms with Gasteiger partial charge in [0.25, 0.3) is 0 Å². The van der Waals surface area contributed by atoms with Gasteiger partial charge in [-0.2, -0.15) is 0 Å². The number of benzene rings is 2. The summed E-state index contributed by atoms with van der Waals surface area (Å²) in [5.41, 5.74) is 3.47. The SMILES string of the molecule is CCC(C)(CNC(=O)OCC1c2ccccc2-c2ccccc21)C(=O)N1C[C@@H](O)C[C@H]1C(=O)O. The normalized spacial score (nSPS) is 20.9. The predicted octanol–water partition coefficient (Wildman–Crippen LogP) is 2.99. The molecule has 1 saturated heterocycles. The molecule has 8 heteroatoms. The number of nitrogens with one attached hydrogen (secondary N) is 1. The number of ether oxygens (including phenoxy) is 1. The van der Waals surface area contributed by atoms with Crippen molar-refractivity contribution in [1.29, 1.82) is 0 Å². The summed E-state index contributed by atoms with van der Waals surface area (Å²) in [6.07, 6.45) is -1.12. The van der Waals surface area contributed by atoms with E-state index in [0.29, 0.717) is 6.42 Å². The van der Waals surface area contributed by atoms with Crippen LogP contribution in [-0.4, -0.2) is 64.9 Å². The third-order valence-electron chi connectivity index (χ3n) is 7.09. The number of hydrogen-bond acceptors (Lipinski definition) is 5. The number of amides is 2. The standard InChI is InChI=1S/C26H30N2O6/c1-3-26(2,24(32)28-13-16(29)12-22(28)23(30)31)15-27-25(33)34-14-21-19-10-6-4-8-17(19)18-9-5-7-11-20(18)21/h4-11,16,21-22,29H,3,12-15H2,1-2H3,(H,27,33)(H,30,31)/t16-,22-,26?/m0/s1. The topological polar surface area (TPSA) is 116 Å². The van der Waals surface area contributed by atoms with Crippen molar-refractivity contribution in [3.05, 3.63) is 59.7 Å². The molecular weight excluding hydrogens is 436 g/mol. The maximum absolute atomic E-state index is 13.2. The second-order valence-corrected chi connectivity index (χ2v) is 9.29. The van der Waals surface area contributed by atoms with Crippen LogP contribution in [0.15, 0.2) is 48.5 Å². The van der Waals surface area contributed by atoms with Crippen LogP contribution in [0.2, 0.25) is 0 Å². The molecule has 1 heterocycles. The van der Waals surface area contributed by atoms with Gasteiger partial charge >= 0.3 is 12.1 Å². The molecular formula is C26H30N2O6. The number of hydrogen-bond donors (Lipinski definition) is 3. The van der Waals surface area contributed by atoms with E-state index >= 15 is 0 Å². The molecule has 2 amide bonds. The number of β-amino-alcohol motifs (C(OH)–C–C–N with tert-alkyl or cyclic N) is 1. The molecule has 1 aliphatic carbocycles. The van der Waals surface area contributed by atoms with Crippen molar-refractivity contribution in [2.24, 2.45) is 5.41 Å². The highest BCUT2D eigenvalue weighted by Crippen LogP contribution is 2.44. The van der Waals surface area contributed by atoms with Gasteiger partial charge in [-0.25, -0.2) is 9.59 Å². The Labute approximate surface area is 198 Å². The van der Waals surface area contributed by atoms with E-state index in [1.54, 1.807) is 13.8 Å². The number of carbonyl (C=O) groups excluding carboxylic acids is 2. The van der Waals surface area contributed by atoms with Crippen molar-refractivity contribution in [3.63, 3.8) is 0 Å². The summed E-state index contributed by atoms with van der Waals surface area (Å²) in [6, 6.07) is 15.0. The summed E-state index contributed by atoms with van der Waals surface area (Å²) in [5, 5.41) is 22.0. The first kappa shape index (κ1) is 23.8. The van der Waals surface area contributed by atoms with E-state index in [1.165, 1.54) is 4.90 Å². The second kappa shape index (κ2) is 9.46. The molecule has 0 spiro atoms. The van der Waals surface area contributed by atoms with E-state index in [4.69, 9.17) is 4.74 Å². The van der Waals surface area contributed by atoms with Crippen LogP contribution in [0.5, 0.6) is 0 Å². The Kier molecular flexibility index (Phi) is 6.61. The lowest BCUT2D eigenvalue weighted by molar-refractivity contribution is -0.152. The lowest BCUT2D eigenvalue weighted by Crippen LogP contribution is -2.51. The van der Waals surface area contributed by atoms with Crippen LogP contribution < -0.4 is 5.32 Å². The number of carboxylic acid groups (broad SMARTS) is 1. The molecule has 0 saturated carbocycles. The van der Waals surface area contributed by atoms with E-state index in [0.717, 1.165) is 22.3 Å². The Morgan fingerprint density at radius 2 is 1.68 bits per heavy atom. The molecule has 0 bridgehead atoms. The third-order valence-corrected chi connectivity index (χ3v) is 7.09. The van der Waals surface area contributed by atoms with Gasteiger partial charge < -0.3 is 25.2 Å². The van der Waals surface area contributed by atoms with E-state index in [1.807, 2.05) is 36.4 Å². The molecule has 1 aliphatic heterocycles. The van der Waals surface area contributed by atoms with Crippen LogP contribution in [0.25, 0.3) is 11.1 Å². The smallest absolute Gasteiger partial charge is 0.407 e. The van der Waals surface area contributed by atoms with Crippen molar-refractivity contribution in [2.75, 3.05) is 19.7 Å². The summed E-state index contributed by atoms with van der Waals surface area (Å²) >= 11 is 0. The number of likely N-dealkylation sites (tertiary alicyclic amines) is 1. The summed E-state index contributed by atoms with van der Waals surface area (Å²) in [7, 11) is 0. The van der Waals surface area contributed by atoms with Crippen molar-refractivity contribution in [3.8, 4) is 11.1 Å². The lowest BCUT2D eigenvalue weighted by Gasteiger charge is -2.33. The third kappa shape index (κ3) is 4.37. The molecule has 2 aromatic rings. The largest absolute Gasteiger partial charge is 0.480 e. The van der Waals surface area contributed by atoms with Crippen molar-refractivity contribution in [2.45, 2.75) is 44.8 Å². The van der Waals surface area contributed by atoms with Crippen LogP contribution in [0.1, 0.15) is 43.7 Å². The molecule has 0 radical (unpaired) electrons. The van der Waals surface area contributed by atoms with Gasteiger partial charge in [-0.05, 0) is 35.6 Å². The molecule has 0 aromatic heterocycles. The number of carbonyl (C=O) groups is 3. The van der Waals surface area contributed by atoms with Crippen LogP contribution in [0.3, 0.4) is 0 Å². The highest BCUT2D eigenvalue weighted by atomic mass is 16.5. The number of aliphatic hydroxyl groups excluding tert-OH is 1. The van der Waals surface area contributed by atoms with Crippen LogP contribution in [0.4, 0.5) is 4.79 Å². The van der Waals surface area contributed by atoms with Crippen LogP contribution >= 0.6 is 0 Å². The molecule has 2 aromatic carbocycles. The first-order valence-electron chi connectivity index (χ1n) is 11.6. The molecule has 34 heavy (non-hydrogen) atoms. The molecule has 2 aliphatic rings. The summed E-state index contributed by atoms with van der Waals surface area (Å²) in [4.78, 5) is 38.5. The molecule has 3 N–H and O–H groups in total. The summed E-state index contributed by atoms with van der Waals surface area (Å²) in [5.74, 6) is -1.62. The minimum atomic E-state index is -1.15. The van der Waals surface area contributed by atoms with Gasteiger partial charge in [0.15, 0.2) is 0 Å². The van der Waals surface area contributed by atoms with Crippen LogP contribution in [0, 0.1) is 5.41 Å². The van der Waals surface area contributed by atoms with E-state index in [-0.39, 0.29) is 32.0 Å². The molecule has 4 rings (SSSR count). The van der Waals surface area contributed by atoms with Crippen molar-refractivity contribution < 1.29 is 29.3 Å². The second-order valence-electron chi connectivity index (χ2n) is 9.29. The highest BCUT2D eigenvalue weighted by Gasteiger charge is 2.45. The number of rotatable bonds is 7. The zero-order valence-electron chi connectivity index (χ0n) is 19.4. The number of fused-ring (bicyclic) bond motifs is 3. The number of nitrogens with zero attached hydrogens (tertiary/aromatic N) is 1. The Morgan fingerprint density at radius 1 is 1.09 bits per heavy atom. The molecule has 1 unspecified atom stereocenters. The first-order valence-corrected chi connectivity index (χ1v) is 11.6. The van der Waals surface area contributed by atoms with Gasteiger partial charge in [0.1, 0.15) is 12.6 Å². The van der Waals surface area contributed by atoms with Gasteiger partial charge in [0.05, 0.1) is 11.5 Å². The van der Waals surface area contributed by atoms with Gasteiger partial charge in [-0.1, -0.05) is 55.5 Å². The fraction of sp³-hybridized carbons (Fsp3) is 0.423. The average molecular weight is 467 g/mol. The predicted molar refractivity (Wildman–Crippen MR) is 125 cm³/mol. The molecule has 180 valence electrons. The fourth-order valence-corrected chi connectivity index (χ4v) is 4.89. The van der Waals surface area contributed by atoms with Gasteiger partial charge in [-0.3, -0.25) is 4.79 Å². The number of carboxylic acids is 1. The maximum Gasteiger partial charge on any atom is 0.407 e. The Bertz CT molecular complexity index is 1060. The van der Waals surface area contributed by atoms with E-state index in [2.05, 4.69) is 17.4 Å². The monoisotopic (exact) mass is 466 g/mol. The van der Waals surface area contributed by atoms with E-state index < -0.39 is 35.5 Å². The summed E-state index contributed by atoms with van der Waals surface area (Å²) in [6.45, 7) is 3.62. The average Bonchev–Trinajstić information content (AvgIpc) is 3.39. The van der Waals surface area contributed by atoms with Crippen molar-refractivity contribution in [1.82, 2.24) is 10.2 Å². The number of aliphatic carboxylic acids is 1. The maximum atomic E-state index is 13.2. The molecule has 8 nitrogen and oxygen atoms in total. The first-order chi connectivity index (χ1) is 16.2. The van der Waals surface area contributed by atoms with Gasteiger partial charge in [0, 0.05) is 25.4 Å². The zero-order valence-corrected chi connectivity index (χ0v) is 19.4.